The Hall–Kier alpha value is -1.92. The van der Waals surface area contributed by atoms with Gasteiger partial charge in [-0.25, -0.2) is 9.82 Å². The first kappa shape index (κ1) is 16.5. The minimum atomic E-state index is -0.399. The van der Waals surface area contributed by atoms with Gasteiger partial charge in [-0.3, -0.25) is 4.79 Å². The molecule has 0 heterocycles. The summed E-state index contributed by atoms with van der Waals surface area (Å²) in [4.78, 5) is 11.6. The lowest BCUT2D eigenvalue weighted by molar-refractivity contribution is -0.119. The zero-order chi connectivity index (χ0) is 15.9. The molecule has 0 fully saturated rings. The normalized spacial score (nSPS) is 10.7. The summed E-state index contributed by atoms with van der Waals surface area (Å²) < 4.78 is 14.1. The molecular weight excluding hydrogens is 373 g/mol. The fourth-order valence-electron chi connectivity index (χ4n) is 1.60. The van der Waals surface area contributed by atoms with Crippen molar-refractivity contribution >= 4 is 45.3 Å². The molecule has 1 amide bonds. The van der Waals surface area contributed by atoms with Crippen molar-refractivity contribution in [1.82, 2.24) is 5.43 Å². The van der Waals surface area contributed by atoms with E-state index in [9.17, 15) is 9.18 Å². The lowest BCUT2D eigenvalue weighted by Crippen LogP contribution is -2.26. The van der Waals surface area contributed by atoms with E-state index >= 15 is 0 Å². The maximum atomic E-state index is 13.3. The lowest BCUT2D eigenvalue weighted by Gasteiger charge is -2.07. The molecule has 7 heteroatoms. The number of carbonyl (C=O) groups is 1. The molecule has 0 aliphatic heterocycles. The van der Waals surface area contributed by atoms with Crippen LogP contribution < -0.4 is 10.7 Å². The number of halogens is 3. The van der Waals surface area contributed by atoms with E-state index < -0.39 is 5.82 Å². The summed E-state index contributed by atoms with van der Waals surface area (Å²) in [5, 5.41) is 7.24. The van der Waals surface area contributed by atoms with Crippen molar-refractivity contribution in [2.75, 3.05) is 11.9 Å². The van der Waals surface area contributed by atoms with Gasteiger partial charge >= 0.3 is 0 Å². The number of benzene rings is 2. The fraction of sp³-hybridized carbons (Fsp3) is 0.0667. The number of hydrogen-bond acceptors (Lipinski definition) is 3. The van der Waals surface area contributed by atoms with E-state index in [1.165, 1.54) is 12.3 Å². The first-order valence-corrected chi connectivity index (χ1v) is 7.49. The van der Waals surface area contributed by atoms with E-state index in [0.717, 1.165) is 10.2 Å². The summed E-state index contributed by atoms with van der Waals surface area (Å²) in [5.74, 6) is -0.752. The van der Waals surface area contributed by atoms with Crippen LogP contribution in [0.5, 0.6) is 0 Å². The van der Waals surface area contributed by atoms with Crippen LogP contribution in [0.15, 0.2) is 52.0 Å². The maximum absolute atomic E-state index is 13.3. The summed E-state index contributed by atoms with van der Waals surface area (Å²) in [5.41, 5.74) is 3.36. The standard InChI is InChI=1S/C15H12BrClFN3O/c16-12-7-11(17)5-6-14(12)19-9-15(22)21-20-8-10-3-1-2-4-13(10)18/h1-8,19H,9H2,(H,21,22)/b20-8+. The molecule has 4 nitrogen and oxygen atoms in total. The predicted molar refractivity (Wildman–Crippen MR) is 89.8 cm³/mol. The van der Waals surface area contributed by atoms with Crippen LogP contribution in [-0.2, 0) is 4.79 Å². The van der Waals surface area contributed by atoms with Crippen molar-refractivity contribution < 1.29 is 9.18 Å². The molecule has 0 aliphatic carbocycles. The van der Waals surface area contributed by atoms with Gasteiger partial charge in [-0.05, 0) is 40.2 Å². The second-order valence-corrected chi connectivity index (χ2v) is 5.58. The smallest absolute Gasteiger partial charge is 0.259 e. The van der Waals surface area contributed by atoms with Crippen molar-refractivity contribution in [3.63, 3.8) is 0 Å². The number of hydrazone groups is 1. The van der Waals surface area contributed by atoms with Crippen LogP contribution in [0.1, 0.15) is 5.56 Å². The highest BCUT2D eigenvalue weighted by atomic mass is 79.9. The van der Waals surface area contributed by atoms with Crippen LogP contribution in [0.4, 0.5) is 10.1 Å². The molecule has 0 aromatic heterocycles. The molecule has 2 N–H and O–H groups in total. The first-order valence-electron chi connectivity index (χ1n) is 6.31. The fourth-order valence-corrected chi connectivity index (χ4v) is 2.42. The van der Waals surface area contributed by atoms with Crippen molar-refractivity contribution in [1.29, 1.82) is 0 Å². The quantitative estimate of drug-likeness (QED) is 0.608. The number of anilines is 1. The van der Waals surface area contributed by atoms with Crippen molar-refractivity contribution in [3.05, 3.63) is 63.3 Å². The summed E-state index contributed by atoms with van der Waals surface area (Å²) in [7, 11) is 0. The molecule has 114 valence electrons. The van der Waals surface area contributed by atoms with Crippen molar-refractivity contribution in [2.45, 2.75) is 0 Å². The Bertz CT molecular complexity index is 709. The Morgan fingerprint density at radius 2 is 2.09 bits per heavy atom. The molecular formula is C15H12BrClFN3O. The zero-order valence-electron chi connectivity index (χ0n) is 11.3. The number of nitrogens with zero attached hydrogens (tertiary/aromatic N) is 1. The molecule has 2 aromatic rings. The summed E-state index contributed by atoms with van der Waals surface area (Å²) in [6, 6.07) is 11.3. The minimum Gasteiger partial charge on any atom is -0.375 e. The predicted octanol–water partition coefficient (Wildman–Crippen LogP) is 3.80. The number of carbonyl (C=O) groups excluding carboxylic acids is 1. The van der Waals surface area contributed by atoms with Crippen LogP contribution in [0.3, 0.4) is 0 Å². The van der Waals surface area contributed by atoms with Crippen LogP contribution in [0.25, 0.3) is 0 Å². The highest BCUT2D eigenvalue weighted by Gasteiger charge is 2.03. The van der Waals surface area contributed by atoms with E-state index in [4.69, 9.17) is 11.6 Å². The first-order chi connectivity index (χ1) is 10.6. The summed E-state index contributed by atoms with van der Waals surface area (Å²) in [6.45, 7) is 0.0227. The molecule has 0 saturated carbocycles. The summed E-state index contributed by atoms with van der Waals surface area (Å²) in [6.07, 6.45) is 1.26. The van der Waals surface area contributed by atoms with E-state index in [1.54, 1.807) is 36.4 Å². The van der Waals surface area contributed by atoms with Gasteiger partial charge in [0.1, 0.15) is 5.82 Å². The van der Waals surface area contributed by atoms with Gasteiger partial charge < -0.3 is 5.32 Å². The van der Waals surface area contributed by atoms with Crippen LogP contribution in [-0.4, -0.2) is 18.7 Å². The highest BCUT2D eigenvalue weighted by Crippen LogP contribution is 2.25. The van der Waals surface area contributed by atoms with Gasteiger partial charge in [-0.2, -0.15) is 5.10 Å². The van der Waals surface area contributed by atoms with E-state index in [-0.39, 0.29) is 12.5 Å². The Balaban J connectivity index is 1.84. The number of nitrogens with one attached hydrogen (secondary N) is 2. The van der Waals surface area contributed by atoms with Crippen LogP contribution in [0.2, 0.25) is 5.02 Å². The van der Waals surface area contributed by atoms with Gasteiger partial charge in [-0.15, -0.1) is 0 Å². The second kappa shape index (κ2) is 7.91. The molecule has 0 radical (unpaired) electrons. The van der Waals surface area contributed by atoms with E-state index in [2.05, 4.69) is 31.8 Å². The van der Waals surface area contributed by atoms with Gasteiger partial charge in [-0.1, -0.05) is 29.8 Å². The van der Waals surface area contributed by atoms with E-state index in [0.29, 0.717) is 10.6 Å². The average molecular weight is 385 g/mol. The highest BCUT2D eigenvalue weighted by molar-refractivity contribution is 9.10. The second-order valence-electron chi connectivity index (χ2n) is 4.29. The maximum Gasteiger partial charge on any atom is 0.259 e. The Morgan fingerprint density at radius 1 is 1.32 bits per heavy atom. The molecule has 22 heavy (non-hydrogen) atoms. The Labute approximate surface area is 140 Å². The molecule has 0 bridgehead atoms. The van der Waals surface area contributed by atoms with Crippen molar-refractivity contribution in [2.24, 2.45) is 5.10 Å². The SMILES string of the molecule is O=C(CNc1ccc(Cl)cc1Br)N/N=C/c1ccccc1F. The van der Waals surface area contributed by atoms with E-state index in [1.807, 2.05) is 0 Å². The van der Waals surface area contributed by atoms with Crippen molar-refractivity contribution in [3.8, 4) is 0 Å². The van der Waals surface area contributed by atoms with Crippen LogP contribution in [0, 0.1) is 5.82 Å². The third kappa shape index (κ3) is 4.82. The third-order valence-electron chi connectivity index (χ3n) is 2.67. The molecule has 0 atom stereocenters. The Morgan fingerprint density at radius 3 is 2.82 bits per heavy atom. The molecule has 2 aromatic carbocycles. The number of hydrogen-bond donors (Lipinski definition) is 2. The molecule has 2 rings (SSSR count). The lowest BCUT2D eigenvalue weighted by atomic mass is 10.2. The van der Waals surface area contributed by atoms with Gasteiger partial charge in [0, 0.05) is 20.7 Å². The monoisotopic (exact) mass is 383 g/mol. The topological polar surface area (TPSA) is 53.5 Å². The molecule has 0 aliphatic rings. The number of amides is 1. The zero-order valence-corrected chi connectivity index (χ0v) is 13.7. The largest absolute Gasteiger partial charge is 0.375 e. The van der Waals surface area contributed by atoms with Gasteiger partial charge in [0.25, 0.3) is 5.91 Å². The molecule has 0 unspecified atom stereocenters. The minimum absolute atomic E-state index is 0.0227. The van der Waals surface area contributed by atoms with Gasteiger partial charge in [0.15, 0.2) is 0 Å². The average Bonchev–Trinajstić information content (AvgIpc) is 2.48. The third-order valence-corrected chi connectivity index (χ3v) is 3.56. The Kier molecular flexibility index (Phi) is 5.91. The number of rotatable bonds is 5. The molecule has 0 spiro atoms. The van der Waals surface area contributed by atoms with Gasteiger partial charge in [0.2, 0.25) is 0 Å². The summed E-state index contributed by atoms with van der Waals surface area (Å²) >= 11 is 9.17. The van der Waals surface area contributed by atoms with Crippen LogP contribution >= 0.6 is 27.5 Å². The van der Waals surface area contributed by atoms with Gasteiger partial charge in [0.05, 0.1) is 12.8 Å². The molecule has 0 saturated heterocycles.